The van der Waals surface area contributed by atoms with Gasteiger partial charge in [0.2, 0.25) is 5.91 Å². The van der Waals surface area contributed by atoms with Crippen molar-refractivity contribution in [3.63, 3.8) is 0 Å². The number of carbonyl (C=O) groups excluding carboxylic acids is 1. The van der Waals surface area contributed by atoms with E-state index in [1.54, 1.807) is 22.8 Å². The molecule has 0 N–H and O–H groups in total. The van der Waals surface area contributed by atoms with Crippen molar-refractivity contribution in [1.29, 1.82) is 5.26 Å². The van der Waals surface area contributed by atoms with Crippen molar-refractivity contribution in [2.24, 2.45) is 0 Å². The van der Waals surface area contributed by atoms with Crippen molar-refractivity contribution in [3.8, 4) is 17.5 Å². The van der Waals surface area contributed by atoms with Gasteiger partial charge in [-0.1, -0.05) is 30.3 Å². The third-order valence-corrected chi connectivity index (χ3v) is 4.67. The number of benzene rings is 2. The quantitative estimate of drug-likeness (QED) is 0.733. The Bertz CT molecular complexity index is 1030. The van der Waals surface area contributed by atoms with Gasteiger partial charge >= 0.3 is 0 Å². The van der Waals surface area contributed by atoms with Crippen molar-refractivity contribution >= 4 is 11.6 Å². The average molecular weight is 343 g/mol. The normalized spacial score (nSPS) is 12.7. The fourth-order valence-corrected chi connectivity index (χ4v) is 3.33. The summed E-state index contributed by atoms with van der Waals surface area (Å²) in [6.45, 7) is 2.69. The molecule has 3 aromatic rings. The van der Waals surface area contributed by atoms with Crippen molar-refractivity contribution in [2.45, 2.75) is 19.9 Å². The summed E-state index contributed by atoms with van der Waals surface area (Å²) in [5, 5.41) is 17.5. The fraction of sp³-hybridized carbons (Fsp3) is 0.200. The maximum Gasteiger partial charge on any atom is 0.247 e. The first kappa shape index (κ1) is 16.0. The van der Waals surface area contributed by atoms with E-state index in [1.807, 2.05) is 36.1 Å². The number of aromatic nitrogens is 3. The number of aryl methyl sites for hydroxylation is 1. The summed E-state index contributed by atoms with van der Waals surface area (Å²) < 4.78 is 1.81. The molecule has 2 heterocycles. The van der Waals surface area contributed by atoms with E-state index in [1.165, 1.54) is 5.56 Å². The predicted octanol–water partition coefficient (Wildman–Crippen LogP) is 2.71. The molecular formula is C20H17N5O. The molecule has 0 atom stereocenters. The lowest BCUT2D eigenvalue weighted by Gasteiger charge is -2.18. The number of amides is 1. The molecule has 1 aromatic heterocycles. The molecule has 6 nitrogen and oxygen atoms in total. The largest absolute Gasteiger partial charge is 0.310 e. The van der Waals surface area contributed by atoms with Gasteiger partial charge in [0.25, 0.3) is 0 Å². The van der Waals surface area contributed by atoms with Gasteiger partial charge in [-0.25, -0.2) is 0 Å². The Labute approximate surface area is 151 Å². The number of nitriles is 1. The molecule has 0 saturated carbocycles. The molecule has 0 bridgehead atoms. The highest BCUT2D eigenvalue weighted by molar-refractivity contribution is 5.95. The number of hydrogen-bond donors (Lipinski definition) is 0. The highest BCUT2D eigenvalue weighted by atomic mass is 16.2. The lowest BCUT2D eigenvalue weighted by atomic mass is 10.1. The topological polar surface area (TPSA) is 74.8 Å². The van der Waals surface area contributed by atoms with Crippen molar-refractivity contribution < 1.29 is 4.79 Å². The first-order valence-electron chi connectivity index (χ1n) is 8.46. The van der Waals surface area contributed by atoms with E-state index in [4.69, 9.17) is 5.26 Å². The molecule has 4 rings (SSSR count). The third-order valence-electron chi connectivity index (χ3n) is 4.67. The molecule has 128 valence electrons. The number of fused-ring (bicyclic) bond motifs is 1. The molecule has 26 heavy (non-hydrogen) atoms. The van der Waals surface area contributed by atoms with E-state index in [9.17, 15) is 4.79 Å². The molecule has 1 amide bonds. The second kappa shape index (κ2) is 6.45. The van der Waals surface area contributed by atoms with Crippen LogP contribution < -0.4 is 4.90 Å². The van der Waals surface area contributed by atoms with E-state index in [-0.39, 0.29) is 12.5 Å². The Morgan fingerprint density at radius 3 is 2.88 bits per heavy atom. The van der Waals surface area contributed by atoms with Crippen LogP contribution >= 0.6 is 0 Å². The molecule has 0 unspecified atom stereocenters. The van der Waals surface area contributed by atoms with Crippen LogP contribution in [0, 0.1) is 18.3 Å². The summed E-state index contributed by atoms with van der Waals surface area (Å²) >= 11 is 0. The zero-order valence-electron chi connectivity index (χ0n) is 14.4. The highest BCUT2D eigenvalue weighted by Gasteiger charge is 2.25. The summed E-state index contributed by atoms with van der Waals surface area (Å²) in [4.78, 5) is 14.8. The number of anilines is 1. The first-order valence-corrected chi connectivity index (χ1v) is 8.46. The molecule has 1 aliphatic heterocycles. The molecule has 0 spiro atoms. The zero-order chi connectivity index (χ0) is 18.1. The SMILES string of the molecule is Cc1nnc(-c2cccc(C#N)c2)n1CC(=O)N1CCc2ccccc21. The van der Waals surface area contributed by atoms with E-state index < -0.39 is 0 Å². The first-order chi connectivity index (χ1) is 12.7. The average Bonchev–Trinajstić information content (AvgIpc) is 3.26. The molecule has 6 heteroatoms. The van der Waals surface area contributed by atoms with Crippen molar-refractivity contribution in [3.05, 3.63) is 65.5 Å². The molecular weight excluding hydrogens is 326 g/mol. The van der Waals surface area contributed by atoms with Gasteiger partial charge in [-0.15, -0.1) is 10.2 Å². The Kier molecular flexibility index (Phi) is 3.98. The summed E-state index contributed by atoms with van der Waals surface area (Å²) in [6, 6.07) is 17.3. The molecule has 0 fully saturated rings. The van der Waals surface area contributed by atoms with Crippen LogP contribution in [-0.2, 0) is 17.8 Å². The van der Waals surface area contributed by atoms with Crippen LogP contribution in [-0.4, -0.2) is 27.2 Å². The molecule has 0 radical (unpaired) electrons. The number of hydrogen-bond acceptors (Lipinski definition) is 4. The van der Waals surface area contributed by atoms with Crippen LogP contribution in [0.5, 0.6) is 0 Å². The van der Waals surface area contributed by atoms with Crippen LogP contribution in [0.1, 0.15) is 17.0 Å². The number of nitrogens with zero attached hydrogens (tertiary/aromatic N) is 5. The van der Waals surface area contributed by atoms with Crippen molar-refractivity contribution in [1.82, 2.24) is 14.8 Å². The van der Waals surface area contributed by atoms with Gasteiger partial charge < -0.3 is 9.47 Å². The Morgan fingerprint density at radius 2 is 2.04 bits per heavy atom. The van der Waals surface area contributed by atoms with Crippen LogP contribution in [0.25, 0.3) is 11.4 Å². The van der Waals surface area contributed by atoms with E-state index >= 15 is 0 Å². The maximum absolute atomic E-state index is 12.9. The summed E-state index contributed by atoms with van der Waals surface area (Å²) in [7, 11) is 0. The van der Waals surface area contributed by atoms with Crippen molar-refractivity contribution in [2.75, 3.05) is 11.4 Å². The number of rotatable bonds is 3. The third kappa shape index (κ3) is 2.74. The van der Waals surface area contributed by atoms with Gasteiger partial charge in [-0.05, 0) is 37.1 Å². The summed E-state index contributed by atoms with van der Waals surface area (Å²) in [5.41, 5.74) is 3.51. The monoisotopic (exact) mass is 343 g/mol. The van der Waals surface area contributed by atoms with Crippen LogP contribution in [0.3, 0.4) is 0 Å². The van der Waals surface area contributed by atoms with Gasteiger partial charge in [0, 0.05) is 17.8 Å². The number of carbonyl (C=O) groups is 1. The second-order valence-corrected chi connectivity index (χ2v) is 6.27. The minimum absolute atomic E-state index is 0.00976. The highest BCUT2D eigenvalue weighted by Crippen LogP contribution is 2.28. The Morgan fingerprint density at radius 1 is 1.19 bits per heavy atom. The summed E-state index contributed by atoms with van der Waals surface area (Å²) in [6.07, 6.45) is 0.875. The Balaban J connectivity index is 1.64. The smallest absolute Gasteiger partial charge is 0.247 e. The molecule has 0 saturated heterocycles. The Hall–Kier alpha value is -3.46. The van der Waals surface area contributed by atoms with Gasteiger partial charge in [-0.3, -0.25) is 4.79 Å². The van der Waals surface area contributed by atoms with E-state index in [0.717, 1.165) is 17.7 Å². The van der Waals surface area contributed by atoms with E-state index in [0.29, 0.717) is 23.8 Å². The second-order valence-electron chi connectivity index (χ2n) is 6.27. The standard InChI is InChI=1S/C20H17N5O/c1-14-22-23-20(17-7-4-5-15(11-17)12-21)25(14)13-19(26)24-10-9-16-6-2-3-8-18(16)24/h2-8,11H,9-10,13H2,1H3. The van der Waals surface area contributed by atoms with E-state index in [2.05, 4.69) is 22.3 Å². The lowest BCUT2D eigenvalue weighted by molar-refractivity contribution is -0.119. The lowest BCUT2D eigenvalue weighted by Crippen LogP contribution is -2.32. The van der Waals surface area contributed by atoms with Gasteiger partial charge in [-0.2, -0.15) is 5.26 Å². The van der Waals surface area contributed by atoms with Gasteiger partial charge in [0.1, 0.15) is 12.4 Å². The summed E-state index contributed by atoms with van der Waals surface area (Å²) in [5.74, 6) is 1.28. The van der Waals surface area contributed by atoms with Gasteiger partial charge in [0.15, 0.2) is 5.82 Å². The minimum atomic E-state index is 0.00976. The minimum Gasteiger partial charge on any atom is -0.310 e. The molecule has 2 aromatic carbocycles. The fourth-order valence-electron chi connectivity index (χ4n) is 3.33. The predicted molar refractivity (Wildman–Crippen MR) is 97.4 cm³/mol. The van der Waals surface area contributed by atoms with Gasteiger partial charge in [0.05, 0.1) is 11.6 Å². The van der Waals surface area contributed by atoms with Crippen LogP contribution in [0.2, 0.25) is 0 Å². The maximum atomic E-state index is 12.9. The molecule has 0 aliphatic carbocycles. The van der Waals surface area contributed by atoms with Crippen LogP contribution in [0.4, 0.5) is 5.69 Å². The number of para-hydroxylation sites is 1. The zero-order valence-corrected chi connectivity index (χ0v) is 14.4. The van der Waals surface area contributed by atoms with Crippen LogP contribution in [0.15, 0.2) is 48.5 Å². The molecule has 1 aliphatic rings.